The molecule has 0 aliphatic rings. The lowest BCUT2D eigenvalue weighted by atomic mass is 9.98. The molecule has 3 rings (SSSR count). The molecular weight excluding hydrogens is 436 g/mol. The predicted molar refractivity (Wildman–Crippen MR) is 121 cm³/mol. The highest BCUT2D eigenvalue weighted by atomic mass is 32.2. The fraction of sp³-hybridized carbons (Fsp3) is 0.182. The van der Waals surface area contributed by atoms with Crippen molar-refractivity contribution in [3.05, 3.63) is 59.5 Å². The first-order chi connectivity index (χ1) is 14.7. The monoisotopic (exact) mass is 456 g/mol. The first-order valence-corrected chi connectivity index (χ1v) is 11.7. The molecule has 1 aromatic heterocycles. The molecule has 9 heteroatoms. The first-order valence-electron chi connectivity index (χ1n) is 9.30. The normalized spacial score (nSPS) is 11.2. The summed E-state index contributed by atoms with van der Waals surface area (Å²) in [4.78, 5) is 11.5. The molecule has 0 amide bonds. The van der Waals surface area contributed by atoms with Gasteiger partial charge in [-0.25, -0.2) is 13.2 Å². The van der Waals surface area contributed by atoms with Crippen molar-refractivity contribution in [3.8, 4) is 33.4 Å². The summed E-state index contributed by atoms with van der Waals surface area (Å²) in [6, 6.07) is 16.0. The Hall–Kier alpha value is -3.35. The fourth-order valence-corrected chi connectivity index (χ4v) is 4.42. The van der Waals surface area contributed by atoms with Gasteiger partial charge < -0.3 is 9.84 Å². The van der Waals surface area contributed by atoms with E-state index >= 15 is 0 Å². The van der Waals surface area contributed by atoms with E-state index in [-0.39, 0.29) is 0 Å². The van der Waals surface area contributed by atoms with E-state index in [0.29, 0.717) is 22.6 Å². The zero-order valence-corrected chi connectivity index (χ0v) is 18.5. The maximum Gasteiger partial charge on any atom is 0.341 e. The summed E-state index contributed by atoms with van der Waals surface area (Å²) in [6.07, 6.45) is 0. The molecule has 0 fully saturated rings. The second kappa shape index (κ2) is 9.20. The molecule has 2 N–H and O–H groups in total. The number of benzene rings is 2. The standard InChI is InChI=1S/C22H20N2O5S2/c1-14(2)31(27,28)24-20-9-10-30-22(20)16-5-3-15(4-6-16)19-11-18(29-13-21(25)26)8-7-17(19)12-23/h3-11,14,24H,13H2,1-2H3,(H,25,26). The zero-order valence-electron chi connectivity index (χ0n) is 16.8. The van der Waals surface area contributed by atoms with Crippen LogP contribution in [0.25, 0.3) is 21.6 Å². The number of nitriles is 1. The molecule has 0 atom stereocenters. The quantitative estimate of drug-likeness (QED) is 0.513. The maximum absolute atomic E-state index is 12.2. The number of hydrogen-bond acceptors (Lipinski definition) is 6. The van der Waals surface area contributed by atoms with E-state index in [1.807, 2.05) is 29.6 Å². The molecule has 0 unspecified atom stereocenters. The Bertz CT molecular complexity index is 1240. The van der Waals surface area contributed by atoms with Gasteiger partial charge in [-0.1, -0.05) is 24.3 Å². The van der Waals surface area contributed by atoms with Crippen LogP contribution in [0.2, 0.25) is 0 Å². The number of carboxylic acid groups (broad SMARTS) is 1. The average Bonchev–Trinajstić information content (AvgIpc) is 3.19. The lowest BCUT2D eigenvalue weighted by Gasteiger charge is -2.12. The molecule has 0 radical (unpaired) electrons. The Labute approximate surface area is 184 Å². The largest absolute Gasteiger partial charge is 0.482 e. The van der Waals surface area contributed by atoms with Crippen molar-refractivity contribution in [2.75, 3.05) is 11.3 Å². The van der Waals surface area contributed by atoms with Gasteiger partial charge in [0.15, 0.2) is 6.61 Å². The summed E-state index contributed by atoms with van der Waals surface area (Å²) in [5, 5.41) is 19.5. The van der Waals surface area contributed by atoms with Crippen LogP contribution in [0.5, 0.6) is 5.75 Å². The van der Waals surface area contributed by atoms with Gasteiger partial charge in [-0.05, 0) is 54.6 Å². The van der Waals surface area contributed by atoms with Crippen LogP contribution >= 0.6 is 11.3 Å². The van der Waals surface area contributed by atoms with E-state index < -0.39 is 27.8 Å². The Morgan fingerprint density at radius 2 is 1.84 bits per heavy atom. The molecule has 3 aromatic rings. The topological polar surface area (TPSA) is 116 Å². The Morgan fingerprint density at radius 1 is 1.16 bits per heavy atom. The molecule has 160 valence electrons. The second-order valence-electron chi connectivity index (χ2n) is 6.94. The van der Waals surface area contributed by atoms with Crippen LogP contribution in [0, 0.1) is 11.3 Å². The number of rotatable bonds is 8. The summed E-state index contributed by atoms with van der Waals surface area (Å²) in [5.74, 6) is -0.737. The molecule has 0 spiro atoms. The number of nitrogens with zero attached hydrogens (tertiary/aromatic N) is 1. The second-order valence-corrected chi connectivity index (χ2v) is 10.1. The minimum absolute atomic E-state index is 0.351. The molecular formula is C22H20N2O5S2. The Kier molecular flexibility index (Phi) is 6.63. The third kappa shape index (κ3) is 5.23. The molecule has 7 nitrogen and oxygen atoms in total. The molecule has 0 aliphatic carbocycles. The van der Waals surface area contributed by atoms with Crippen molar-refractivity contribution < 1.29 is 23.1 Å². The third-order valence-electron chi connectivity index (χ3n) is 4.47. The third-order valence-corrected chi connectivity index (χ3v) is 7.18. The van der Waals surface area contributed by atoms with Crippen molar-refractivity contribution in [1.82, 2.24) is 0 Å². The number of anilines is 1. The number of aliphatic carboxylic acids is 1. The van der Waals surface area contributed by atoms with Crippen molar-refractivity contribution >= 4 is 33.0 Å². The molecule has 0 bridgehead atoms. The summed E-state index contributed by atoms with van der Waals surface area (Å²) >= 11 is 1.42. The van der Waals surface area contributed by atoms with Crippen LogP contribution < -0.4 is 9.46 Å². The van der Waals surface area contributed by atoms with Gasteiger partial charge in [0.2, 0.25) is 10.0 Å². The Morgan fingerprint density at radius 3 is 2.45 bits per heavy atom. The molecule has 0 saturated heterocycles. The zero-order chi connectivity index (χ0) is 22.6. The number of sulfonamides is 1. The number of thiophene rings is 1. The number of nitrogens with one attached hydrogen (secondary N) is 1. The van der Waals surface area contributed by atoms with Crippen molar-refractivity contribution in [2.45, 2.75) is 19.1 Å². The van der Waals surface area contributed by atoms with E-state index in [2.05, 4.69) is 10.8 Å². The summed E-state index contributed by atoms with van der Waals surface area (Å²) < 4.78 is 32.3. The molecule has 31 heavy (non-hydrogen) atoms. The molecule has 0 saturated carbocycles. The minimum Gasteiger partial charge on any atom is -0.482 e. The number of carboxylic acids is 1. The highest BCUT2D eigenvalue weighted by Crippen LogP contribution is 2.36. The number of hydrogen-bond donors (Lipinski definition) is 2. The predicted octanol–water partition coefficient (Wildman–Crippen LogP) is 4.57. The van der Waals surface area contributed by atoms with Crippen LogP contribution in [-0.2, 0) is 14.8 Å². The van der Waals surface area contributed by atoms with Gasteiger partial charge in [0.1, 0.15) is 5.75 Å². The van der Waals surface area contributed by atoms with Gasteiger partial charge in [0.25, 0.3) is 0 Å². The van der Waals surface area contributed by atoms with Gasteiger partial charge in [0.05, 0.1) is 27.4 Å². The van der Waals surface area contributed by atoms with Gasteiger partial charge in [0, 0.05) is 5.56 Å². The highest BCUT2D eigenvalue weighted by Gasteiger charge is 2.19. The average molecular weight is 457 g/mol. The van der Waals surface area contributed by atoms with E-state index in [4.69, 9.17) is 9.84 Å². The van der Waals surface area contributed by atoms with Gasteiger partial charge in [-0.3, -0.25) is 4.72 Å². The van der Waals surface area contributed by atoms with E-state index in [1.165, 1.54) is 11.3 Å². The lowest BCUT2D eigenvalue weighted by molar-refractivity contribution is -0.139. The van der Waals surface area contributed by atoms with Gasteiger partial charge in [-0.15, -0.1) is 11.3 Å². The van der Waals surface area contributed by atoms with Crippen LogP contribution in [-0.4, -0.2) is 31.4 Å². The minimum atomic E-state index is -3.46. The van der Waals surface area contributed by atoms with E-state index in [0.717, 1.165) is 16.0 Å². The number of ether oxygens (including phenoxy) is 1. The van der Waals surface area contributed by atoms with Gasteiger partial charge in [-0.2, -0.15) is 5.26 Å². The molecule has 0 aliphatic heterocycles. The van der Waals surface area contributed by atoms with Crippen molar-refractivity contribution in [2.24, 2.45) is 0 Å². The van der Waals surface area contributed by atoms with Crippen molar-refractivity contribution in [1.29, 1.82) is 5.26 Å². The molecule has 2 aromatic carbocycles. The first kappa shape index (κ1) is 22.3. The summed E-state index contributed by atoms with van der Waals surface area (Å²) in [6.45, 7) is 2.76. The smallest absolute Gasteiger partial charge is 0.341 e. The van der Waals surface area contributed by atoms with E-state index in [9.17, 15) is 18.5 Å². The van der Waals surface area contributed by atoms with Crippen LogP contribution in [0.1, 0.15) is 19.4 Å². The SMILES string of the molecule is CC(C)S(=O)(=O)Nc1ccsc1-c1ccc(-c2cc(OCC(=O)O)ccc2C#N)cc1. The van der Waals surface area contributed by atoms with Gasteiger partial charge >= 0.3 is 5.97 Å². The van der Waals surface area contributed by atoms with E-state index in [1.54, 1.807) is 38.1 Å². The van der Waals surface area contributed by atoms with Crippen molar-refractivity contribution in [3.63, 3.8) is 0 Å². The lowest BCUT2D eigenvalue weighted by Crippen LogP contribution is -2.22. The van der Waals surface area contributed by atoms with Crippen LogP contribution in [0.3, 0.4) is 0 Å². The summed E-state index contributed by atoms with van der Waals surface area (Å²) in [5.41, 5.74) is 3.15. The molecule has 1 heterocycles. The van der Waals surface area contributed by atoms with Crippen LogP contribution in [0.15, 0.2) is 53.9 Å². The highest BCUT2D eigenvalue weighted by molar-refractivity contribution is 7.93. The maximum atomic E-state index is 12.2. The summed E-state index contributed by atoms with van der Waals surface area (Å²) in [7, 11) is -3.46. The van der Waals surface area contributed by atoms with Crippen LogP contribution in [0.4, 0.5) is 5.69 Å². The fourth-order valence-electron chi connectivity index (χ4n) is 2.78. The Balaban J connectivity index is 1.92. The number of carbonyl (C=O) groups is 1.